The Kier molecular flexibility index (Phi) is 14.0. The second-order valence-electron chi connectivity index (χ2n) is 10.3. The van der Waals surface area contributed by atoms with E-state index >= 15 is 0 Å². The van der Waals surface area contributed by atoms with Crippen molar-refractivity contribution in [1.29, 1.82) is 0 Å². The van der Waals surface area contributed by atoms with Crippen molar-refractivity contribution in [3.8, 4) is 17.2 Å². The van der Waals surface area contributed by atoms with Crippen LogP contribution < -0.4 is 19.8 Å². The molecule has 0 aliphatic rings. The first kappa shape index (κ1) is 30.5. The molecule has 0 saturated heterocycles. The molecule has 0 unspecified atom stereocenters. The van der Waals surface area contributed by atoms with Gasteiger partial charge in [-0.25, -0.2) is 4.79 Å². The van der Waals surface area contributed by atoms with Crippen molar-refractivity contribution in [3.05, 3.63) is 51.9 Å². The van der Waals surface area contributed by atoms with Crippen molar-refractivity contribution >= 4 is 11.0 Å². The fourth-order valence-electron chi connectivity index (χ4n) is 4.14. The molecule has 0 fully saturated rings. The Morgan fingerprint density at radius 3 is 2.30 bits per heavy atom. The molecular formula is C32H48O5. The first-order chi connectivity index (χ1) is 17.8. The van der Waals surface area contributed by atoms with Gasteiger partial charge in [0.05, 0.1) is 12.7 Å². The van der Waals surface area contributed by atoms with E-state index in [1.807, 2.05) is 26.0 Å². The van der Waals surface area contributed by atoms with Gasteiger partial charge in [-0.2, -0.15) is 0 Å². The highest BCUT2D eigenvalue weighted by Crippen LogP contribution is 2.39. The summed E-state index contributed by atoms with van der Waals surface area (Å²) in [6.07, 6.45) is 15.9. The van der Waals surface area contributed by atoms with Crippen molar-refractivity contribution in [1.82, 2.24) is 0 Å². The minimum Gasteiger partial charge on any atom is -0.489 e. The monoisotopic (exact) mass is 512 g/mol. The number of rotatable bonds is 18. The van der Waals surface area contributed by atoms with Gasteiger partial charge in [0.15, 0.2) is 5.75 Å². The van der Waals surface area contributed by atoms with Gasteiger partial charge in [0.2, 0.25) is 5.75 Å². The maximum absolute atomic E-state index is 12.8. The number of allylic oxidation sites excluding steroid dienone is 3. The number of fused-ring (bicyclic) bond motifs is 1. The largest absolute Gasteiger partial charge is 0.489 e. The van der Waals surface area contributed by atoms with Crippen molar-refractivity contribution < 1.29 is 18.6 Å². The van der Waals surface area contributed by atoms with Gasteiger partial charge >= 0.3 is 5.63 Å². The van der Waals surface area contributed by atoms with Crippen LogP contribution >= 0.6 is 0 Å². The number of ether oxygens (including phenoxy) is 3. The summed E-state index contributed by atoms with van der Waals surface area (Å²) in [5.41, 5.74) is 2.52. The van der Waals surface area contributed by atoms with Gasteiger partial charge < -0.3 is 18.6 Å². The molecule has 1 aromatic carbocycles. The van der Waals surface area contributed by atoms with Crippen molar-refractivity contribution in [2.75, 3.05) is 13.2 Å². The predicted molar refractivity (Wildman–Crippen MR) is 154 cm³/mol. The van der Waals surface area contributed by atoms with Crippen molar-refractivity contribution in [2.45, 2.75) is 112 Å². The predicted octanol–water partition coefficient (Wildman–Crippen LogP) is 9.17. The van der Waals surface area contributed by atoms with Crippen LogP contribution in [0.3, 0.4) is 0 Å². The van der Waals surface area contributed by atoms with E-state index < -0.39 is 5.63 Å². The molecule has 0 spiro atoms. The van der Waals surface area contributed by atoms with E-state index in [4.69, 9.17) is 18.6 Å². The van der Waals surface area contributed by atoms with Crippen LogP contribution in [-0.4, -0.2) is 19.3 Å². The summed E-state index contributed by atoms with van der Waals surface area (Å²) in [6.45, 7) is 13.3. The molecule has 0 bridgehead atoms. The smallest absolute Gasteiger partial charge is 0.383 e. The summed E-state index contributed by atoms with van der Waals surface area (Å²) < 4.78 is 23.9. The van der Waals surface area contributed by atoms with E-state index in [2.05, 4.69) is 39.8 Å². The molecule has 5 nitrogen and oxygen atoms in total. The zero-order chi connectivity index (χ0) is 27.0. The van der Waals surface area contributed by atoms with Crippen LogP contribution in [0, 0.1) is 0 Å². The first-order valence-corrected chi connectivity index (χ1v) is 14.1. The lowest BCUT2D eigenvalue weighted by molar-refractivity contribution is 0.210. The molecule has 37 heavy (non-hydrogen) atoms. The molecule has 206 valence electrons. The topological polar surface area (TPSA) is 57.9 Å². The molecule has 1 heterocycles. The SMILES string of the molecule is CCCCCCCCCCOc1c(OC(C)C)c(=O)oc2cccc(OCC=C(C)CCC=C(C)C)c12. The normalized spacial score (nSPS) is 11.7. The molecule has 2 aromatic rings. The molecule has 0 saturated carbocycles. The number of unbranched alkanes of at least 4 members (excludes halogenated alkanes) is 7. The Morgan fingerprint density at radius 1 is 0.919 bits per heavy atom. The fourth-order valence-corrected chi connectivity index (χ4v) is 4.14. The van der Waals surface area contributed by atoms with E-state index in [0.717, 1.165) is 25.7 Å². The van der Waals surface area contributed by atoms with Gasteiger partial charge in [-0.05, 0) is 72.1 Å². The Balaban J connectivity index is 2.16. The molecule has 0 aliphatic heterocycles. The Hall–Kier alpha value is -2.69. The van der Waals surface area contributed by atoms with Crippen LogP contribution in [0.2, 0.25) is 0 Å². The van der Waals surface area contributed by atoms with Crippen LogP contribution in [0.15, 0.2) is 50.7 Å². The van der Waals surface area contributed by atoms with E-state index in [1.165, 1.54) is 49.7 Å². The van der Waals surface area contributed by atoms with Crippen LogP contribution in [0.5, 0.6) is 17.2 Å². The third-order valence-corrected chi connectivity index (χ3v) is 6.17. The summed E-state index contributed by atoms with van der Waals surface area (Å²) in [6, 6.07) is 5.49. The Morgan fingerprint density at radius 2 is 1.62 bits per heavy atom. The van der Waals surface area contributed by atoms with Crippen LogP contribution in [0.1, 0.15) is 106 Å². The van der Waals surface area contributed by atoms with Crippen LogP contribution in [0.25, 0.3) is 11.0 Å². The van der Waals surface area contributed by atoms with Gasteiger partial charge in [0, 0.05) is 0 Å². The minimum atomic E-state index is -0.528. The molecule has 2 rings (SSSR count). The van der Waals surface area contributed by atoms with Crippen LogP contribution in [-0.2, 0) is 0 Å². The highest BCUT2D eigenvalue weighted by atomic mass is 16.5. The molecule has 1 aromatic heterocycles. The first-order valence-electron chi connectivity index (χ1n) is 14.1. The van der Waals surface area contributed by atoms with Gasteiger partial charge in [0.25, 0.3) is 0 Å². The maximum Gasteiger partial charge on any atom is 0.383 e. The zero-order valence-corrected chi connectivity index (χ0v) is 24.0. The number of benzene rings is 1. The van der Waals surface area contributed by atoms with Crippen molar-refractivity contribution in [3.63, 3.8) is 0 Å². The number of hydrogen-bond acceptors (Lipinski definition) is 5. The van der Waals surface area contributed by atoms with E-state index in [-0.39, 0.29) is 11.9 Å². The average molecular weight is 513 g/mol. The molecule has 0 N–H and O–H groups in total. The van der Waals surface area contributed by atoms with Gasteiger partial charge in [-0.15, -0.1) is 0 Å². The van der Waals surface area contributed by atoms with E-state index in [1.54, 1.807) is 6.07 Å². The maximum atomic E-state index is 12.8. The standard InChI is InChI=1S/C32H48O5/c1-7-8-9-10-11-12-13-14-22-35-30-29-27(34-23-21-26(6)18-15-17-24(2)3)19-16-20-28(29)37-32(33)31(30)36-25(4)5/h16-17,19-21,25H,7-15,18,22-23H2,1-6H3. The third-order valence-electron chi connectivity index (χ3n) is 6.17. The van der Waals surface area contributed by atoms with Crippen LogP contribution in [0.4, 0.5) is 0 Å². The molecule has 0 radical (unpaired) electrons. The van der Waals surface area contributed by atoms with Gasteiger partial charge in [-0.1, -0.05) is 75.2 Å². The summed E-state index contributed by atoms with van der Waals surface area (Å²) in [5.74, 6) is 1.16. The zero-order valence-electron chi connectivity index (χ0n) is 24.0. The highest BCUT2D eigenvalue weighted by molar-refractivity contribution is 5.91. The molecular weight excluding hydrogens is 464 g/mol. The quantitative estimate of drug-likeness (QED) is 0.113. The average Bonchev–Trinajstić information content (AvgIpc) is 2.84. The van der Waals surface area contributed by atoms with E-state index in [9.17, 15) is 4.79 Å². The number of hydrogen-bond donors (Lipinski definition) is 0. The summed E-state index contributed by atoms with van der Waals surface area (Å²) in [5, 5.41) is 0.646. The highest BCUT2D eigenvalue weighted by Gasteiger charge is 2.22. The second kappa shape index (κ2) is 16.9. The molecule has 0 amide bonds. The van der Waals surface area contributed by atoms with Gasteiger partial charge in [-0.3, -0.25) is 0 Å². The Labute approximate surface area is 223 Å². The molecule has 5 heteroatoms. The fraction of sp³-hybridized carbons (Fsp3) is 0.594. The summed E-state index contributed by atoms with van der Waals surface area (Å²) >= 11 is 0. The lowest BCUT2D eigenvalue weighted by Gasteiger charge is -2.17. The lowest BCUT2D eigenvalue weighted by atomic mass is 10.1. The van der Waals surface area contributed by atoms with Gasteiger partial charge in [0.1, 0.15) is 23.3 Å². The lowest BCUT2D eigenvalue weighted by Crippen LogP contribution is -2.16. The minimum absolute atomic E-state index is 0.117. The summed E-state index contributed by atoms with van der Waals surface area (Å²) in [7, 11) is 0. The van der Waals surface area contributed by atoms with Crippen molar-refractivity contribution in [2.24, 2.45) is 0 Å². The second-order valence-corrected chi connectivity index (χ2v) is 10.3. The summed E-state index contributed by atoms with van der Waals surface area (Å²) in [4.78, 5) is 12.8. The van der Waals surface area contributed by atoms with E-state index in [0.29, 0.717) is 35.7 Å². The third kappa shape index (κ3) is 11.1. The molecule has 0 atom stereocenters. The Bertz CT molecular complexity index is 1060. The molecule has 0 aliphatic carbocycles.